The highest BCUT2D eigenvalue weighted by Gasteiger charge is 2.24. The molecule has 0 spiro atoms. The first-order chi connectivity index (χ1) is 19.9. The lowest BCUT2D eigenvalue weighted by atomic mass is 10.1. The number of nitrogens with one attached hydrogen (secondary N) is 1. The summed E-state index contributed by atoms with van der Waals surface area (Å²) >= 11 is 0. The third-order valence-electron chi connectivity index (χ3n) is 7.12. The van der Waals surface area contributed by atoms with E-state index in [9.17, 15) is 10.2 Å². The molecule has 0 amide bonds. The monoisotopic (exact) mass is 563 g/mol. The van der Waals surface area contributed by atoms with Gasteiger partial charge >= 0.3 is 0 Å². The molecule has 41 heavy (non-hydrogen) atoms. The van der Waals surface area contributed by atoms with E-state index in [1.165, 1.54) is 10.9 Å². The van der Waals surface area contributed by atoms with Crippen LogP contribution in [-0.2, 0) is 7.05 Å². The second kappa shape index (κ2) is 12.5. The fraction of sp³-hybridized carbons (Fsp3) is 0.464. The van der Waals surface area contributed by atoms with Gasteiger partial charge in [-0.15, -0.1) is 5.10 Å². The van der Waals surface area contributed by atoms with Crippen LogP contribution in [0.3, 0.4) is 0 Å². The lowest BCUT2D eigenvalue weighted by molar-refractivity contribution is 0.169. The van der Waals surface area contributed by atoms with Gasteiger partial charge in [-0.25, -0.2) is 19.6 Å². The number of hydrogen-bond donors (Lipinski definition) is 3. The number of aliphatic hydroxyl groups excluding tert-OH is 1. The summed E-state index contributed by atoms with van der Waals surface area (Å²) in [4.78, 5) is 15.8. The van der Waals surface area contributed by atoms with E-state index < -0.39 is 0 Å². The summed E-state index contributed by atoms with van der Waals surface area (Å²) in [7, 11) is 3.78. The number of hydrogen-bond acceptors (Lipinski definition) is 11. The van der Waals surface area contributed by atoms with Crippen molar-refractivity contribution in [1.29, 1.82) is 0 Å². The number of nitrogens with zero attached hydrogens (tertiary/aromatic N) is 8. The Morgan fingerprint density at radius 3 is 2.61 bits per heavy atom. The first kappa shape index (κ1) is 28.3. The summed E-state index contributed by atoms with van der Waals surface area (Å²) in [5.41, 5.74) is 1.96. The second-order valence-corrected chi connectivity index (χ2v) is 10.2. The van der Waals surface area contributed by atoms with Crippen LogP contribution in [0.2, 0.25) is 0 Å². The molecule has 4 aromatic heterocycles. The predicted molar refractivity (Wildman–Crippen MR) is 153 cm³/mol. The largest absolute Gasteiger partial charge is 0.493 e. The van der Waals surface area contributed by atoms with Crippen LogP contribution in [0.25, 0.3) is 22.5 Å². The molecule has 0 aromatic carbocycles. The minimum Gasteiger partial charge on any atom is -0.493 e. The zero-order chi connectivity index (χ0) is 28.9. The van der Waals surface area contributed by atoms with Crippen molar-refractivity contribution in [3.05, 3.63) is 36.9 Å². The van der Waals surface area contributed by atoms with Crippen molar-refractivity contribution < 1.29 is 19.7 Å². The molecule has 0 radical (unpaired) electrons. The molecule has 1 aliphatic rings. The van der Waals surface area contributed by atoms with Gasteiger partial charge in [0.05, 0.1) is 30.5 Å². The van der Waals surface area contributed by atoms with Gasteiger partial charge in [-0.05, 0) is 52.9 Å². The average Bonchev–Trinajstić information content (AvgIpc) is 3.52. The summed E-state index contributed by atoms with van der Waals surface area (Å²) in [6.45, 7) is 6.37. The molecule has 0 aliphatic carbocycles. The first-order valence-electron chi connectivity index (χ1n) is 13.9. The maximum Gasteiger partial charge on any atom is 0.240 e. The SMILES string of the molecule is CCOc1nn(C2CCN(C)CC2)cc1-c1cnc(Nc2ccnc(-c3cnn(C)c3O)n2)cc1O[C@@H](C)CCO. The molecular weight excluding hydrogens is 526 g/mol. The zero-order valence-electron chi connectivity index (χ0n) is 23.9. The number of likely N-dealkylation sites (tertiary alicyclic amines) is 1. The number of aromatic nitrogens is 7. The molecule has 5 heterocycles. The van der Waals surface area contributed by atoms with Gasteiger partial charge in [-0.2, -0.15) is 5.10 Å². The van der Waals surface area contributed by atoms with Crippen LogP contribution in [0.5, 0.6) is 17.5 Å². The molecule has 0 saturated carbocycles. The number of ether oxygens (including phenoxy) is 2. The molecule has 0 bridgehead atoms. The molecule has 4 aromatic rings. The summed E-state index contributed by atoms with van der Waals surface area (Å²) in [5, 5.41) is 31.8. The van der Waals surface area contributed by atoms with Crippen LogP contribution in [0.4, 0.5) is 11.6 Å². The minimum atomic E-state index is -0.243. The predicted octanol–water partition coefficient (Wildman–Crippen LogP) is 3.40. The van der Waals surface area contributed by atoms with Crippen molar-refractivity contribution in [2.75, 3.05) is 38.7 Å². The summed E-state index contributed by atoms with van der Waals surface area (Å²) in [5.74, 6) is 2.40. The Bertz CT molecular complexity index is 1460. The zero-order valence-corrected chi connectivity index (χ0v) is 23.9. The van der Waals surface area contributed by atoms with E-state index >= 15 is 0 Å². The van der Waals surface area contributed by atoms with Crippen molar-refractivity contribution in [2.24, 2.45) is 7.05 Å². The lowest BCUT2D eigenvalue weighted by Crippen LogP contribution is -2.31. The fourth-order valence-corrected chi connectivity index (χ4v) is 4.79. The normalized spacial score (nSPS) is 15.1. The van der Waals surface area contributed by atoms with Gasteiger partial charge < -0.3 is 29.9 Å². The summed E-state index contributed by atoms with van der Waals surface area (Å²) in [6, 6.07) is 3.80. The number of piperidine rings is 1. The maximum absolute atomic E-state index is 10.3. The molecule has 13 nitrogen and oxygen atoms in total. The van der Waals surface area contributed by atoms with Gasteiger partial charge in [0.1, 0.15) is 22.9 Å². The van der Waals surface area contributed by atoms with Gasteiger partial charge in [-0.3, -0.25) is 4.68 Å². The van der Waals surface area contributed by atoms with Crippen LogP contribution >= 0.6 is 0 Å². The molecule has 5 rings (SSSR count). The Kier molecular flexibility index (Phi) is 8.64. The fourth-order valence-electron chi connectivity index (χ4n) is 4.79. The smallest absolute Gasteiger partial charge is 0.240 e. The van der Waals surface area contributed by atoms with Crippen molar-refractivity contribution >= 4 is 11.6 Å². The minimum absolute atomic E-state index is 0.00977. The van der Waals surface area contributed by atoms with Crippen LogP contribution in [0.15, 0.2) is 36.9 Å². The number of rotatable bonds is 11. The van der Waals surface area contributed by atoms with Crippen LogP contribution < -0.4 is 14.8 Å². The second-order valence-electron chi connectivity index (χ2n) is 10.2. The maximum atomic E-state index is 10.3. The van der Waals surface area contributed by atoms with E-state index in [0.717, 1.165) is 37.1 Å². The summed E-state index contributed by atoms with van der Waals surface area (Å²) in [6.07, 6.45) is 9.12. The number of aryl methyl sites for hydroxylation is 1. The Morgan fingerprint density at radius 2 is 1.90 bits per heavy atom. The van der Waals surface area contributed by atoms with Crippen LogP contribution in [-0.4, -0.2) is 89.1 Å². The van der Waals surface area contributed by atoms with E-state index in [2.05, 4.69) is 37.3 Å². The van der Waals surface area contributed by atoms with E-state index in [0.29, 0.717) is 47.7 Å². The van der Waals surface area contributed by atoms with Crippen molar-refractivity contribution in [3.8, 4) is 40.0 Å². The van der Waals surface area contributed by atoms with Gasteiger partial charge in [-0.1, -0.05) is 0 Å². The highest BCUT2D eigenvalue weighted by atomic mass is 16.5. The molecule has 1 fully saturated rings. The third-order valence-corrected chi connectivity index (χ3v) is 7.12. The van der Waals surface area contributed by atoms with Gasteiger partial charge in [0.2, 0.25) is 11.8 Å². The third kappa shape index (κ3) is 6.41. The number of aliphatic hydroxyl groups is 1. The quantitative estimate of drug-likeness (QED) is 0.246. The van der Waals surface area contributed by atoms with E-state index in [1.54, 1.807) is 31.6 Å². The van der Waals surface area contributed by atoms with Crippen molar-refractivity contribution in [2.45, 2.75) is 45.3 Å². The number of pyridine rings is 1. The Hall–Kier alpha value is -4.23. The van der Waals surface area contributed by atoms with E-state index in [-0.39, 0.29) is 24.6 Å². The van der Waals surface area contributed by atoms with Crippen molar-refractivity contribution in [3.63, 3.8) is 0 Å². The Balaban J connectivity index is 1.48. The highest BCUT2D eigenvalue weighted by Crippen LogP contribution is 2.39. The molecule has 13 heteroatoms. The first-order valence-corrected chi connectivity index (χ1v) is 13.9. The van der Waals surface area contributed by atoms with Gasteiger partial charge in [0, 0.05) is 50.3 Å². The Labute approximate surface area is 238 Å². The molecule has 218 valence electrons. The number of anilines is 2. The van der Waals surface area contributed by atoms with Crippen LogP contribution in [0, 0.1) is 0 Å². The molecule has 0 unspecified atom stereocenters. The van der Waals surface area contributed by atoms with E-state index in [4.69, 9.17) is 14.6 Å². The molecule has 3 N–H and O–H groups in total. The van der Waals surface area contributed by atoms with Crippen LogP contribution in [0.1, 0.15) is 39.2 Å². The van der Waals surface area contributed by atoms with Gasteiger partial charge in [0.15, 0.2) is 5.82 Å². The standard InChI is InChI=1S/C28H37N9O4/c1-5-40-27-22(17-37(34-27)19-7-11-35(3)12-8-19)20-15-30-25(14-23(20)41-18(2)9-13-38)32-24-6-10-29-26(33-24)21-16-31-36(4)28(21)39/h6,10,14-19,38-39H,5,7-9,11-13H2,1-4H3,(H,29,30,32,33)/t18-/m0/s1. The Morgan fingerprint density at radius 1 is 1.10 bits per heavy atom. The average molecular weight is 564 g/mol. The number of aromatic hydroxyl groups is 1. The highest BCUT2D eigenvalue weighted by molar-refractivity contribution is 5.75. The van der Waals surface area contributed by atoms with E-state index in [1.807, 2.05) is 24.7 Å². The van der Waals surface area contributed by atoms with Gasteiger partial charge in [0.25, 0.3) is 0 Å². The topological polar surface area (TPSA) is 148 Å². The summed E-state index contributed by atoms with van der Waals surface area (Å²) < 4.78 is 15.6. The molecule has 1 aliphatic heterocycles. The molecule has 1 saturated heterocycles. The van der Waals surface area contributed by atoms with Crippen molar-refractivity contribution in [1.82, 2.24) is 39.4 Å². The molecular formula is C28H37N9O4. The lowest BCUT2D eigenvalue weighted by Gasteiger charge is -2.28. The molecule has 1 atom stereocenters.